The number of hydrogen-bond acceptors (Lipinski definition) is 12. The SMILES string of the molecule is NC(=O)C(=NOCc1cncn1CC(=O)OC[C@@H]1C(=O)N2C(C(=O)O)=CCS[C@@H]12)c1csc(N)n1. The lowest BCUT2D eigenvalue weighted by Crippen LogP contribution is -2.62. The number of nitrogens with zero attached hydrogens (tertiary/aromatic N) is 5. The molecule has 1 fully saturated rings. The number of thiazole rings is 1. The van der Waals surface area contributed by atoms with E-state index in [9.17, 15) is 24.3 Å². The van der Waals surface area contributed by atoms with Gasteiger partial charge in [0.15, 0.2) is 17.5 Å². The Labute approximate surface area is 205 Å². The second kappa shape index (κ2) is 10.1. The molecule has 5 N–H and O–H groups in total. The number of esters is 1. The summed E-state index contributed by atoms with van der Waals surface area (Å²) in [6.07, 6.45) is 4.31. The number of amides is 2. The van der Waals surface area contributed by atoms with Crippen molar-refractivity contribution in [2.45, 2.75) is 18.5 Å². The fourth-order valence-corrected chi connectivity index (χ4v) is 5.19. The third kappa shape index (κ3) is 5.12. The van der Waals surface area contributed by atoms with Crippen molar-refractivity contribution < 1.29 is 33.9 Å². The van der Waals surface area contributed by atoms with Crippen molar-refractivity contribution in [2.75, 3.05) is 18.1 Å². The van der Waals surface area contributed by atoms with E-state index in [-0.39, 0.29) is 47.4 Å². The number of primary amides is 1. The molecular formula is C19H19N7O7S2. The fraction of sp³-hybridized carbons (Fsp3) is 0.316. The van der Waals surface area contributed by atoms with Gasteiger partial charge >= 0.3 is 11.9 Å². The fourth-order valence-electron chi connectivity index (χ4n) is 3.39. The molecular weight excluding hydrogens is 502 g/mol. The predicted octanol–water partition coefficient (Wildman–Crippen LogP) is -0.629. The number of aromatic nitrogens is 3. The zero-order chi connectivity index (χ0) is 25.1. The van der Waals surface area contributed by atoms with Crippen molar-refractivity contribution >= 4 is 57.7 Å². The molecule has 2 aliphatic rings. The molecule has 0 spiro atoms. The number of carbonyl (C=O) groups excluding carboxylic acids is 3. The Balaban J connectivity index is 1.30. The molecule has 2 amide bonds. The third-order valence-electron chi connectivity index (χ3n) is 5.06. The summed E-state index contributed by atoms with van der Waals surface area (Å²) in [5.74, 6) is -3.20. The molecule has 4 rings (SSSR count). The molecule has 2 aliphatic heterocycles. The Bertz CT molecular complexity index is 1240. The van der Waals surface area contributed by atoms with Crippen LogP contribution in [0.3, 0.4) is 0 Å². The minimum Gasteiger partial charge on any atom is -0.477 e. The highest BCUT2D eigenvalue weighted by atomic mass is 32.2. The van der Waals surface area contributed by atoms with E-state index in [1.807, 2.05) is 0 Å². The van der Waals surface area contributed by atoms with Gasteiger partial charge in [-0.25, -0.2) is 14.8 Å². The minimum absolute atomic E-state index is 0.0511. The van der Waals surface area contributed by atoms with Crippen molar-refractivity contribution in [3.05, 3.63) is 41.1 Å². The number of imidazole rings is 1. The van der Waals surface area contributed by atoms with Gasteiger partial charge in [-0.2, -0.15) is 0 Å². The summed E-state index contributed by atoms with van der Waals surface area (Å²) in [5, 5.41) is 14.3. The molecule has 0 aliphatic carbocycles. The highest BCUT2D eigenvalue weighted by Gasteiger charge is 2.52. The molecule has 0 unspecified atom stereocenters. The molecule has 2 aromatic heterocycles. The molecule has 4 heterocycles. The number of nitrogens with two attached hydrogens (primary N) is 2. The van der Waals surface area contributed by atoms with Gasteiger partial charge in [0.1, 0.15) is 30.5 Å². The number of oxime groups is 1. The Morgan fingerprint density at radius 1 is 1.34 bits per heavy atom. The lowest BCUT2D eigenvalue weighted by molar-refractivity contribution is -0.160. The maximum atomic E-state index is 12.3. The third-order valence-corrected chi connectivity index (χ3v) is 6.98. The zero-order valence-corrected chi connectivity index (χ0v) is 19.5. The number of β-lactam (4-membered cyclic amide) rings is 1. The smallest absolute Gasteiger partial charge is 0.352 e. The predicted molar refractivity (Wildman–Crippen MR) is 123 cm³/mol. The molecule has 0 saturated carbocycles. The first-order chi connectivity index (χ1) is 16.8. The number of thioether (sulfide) groups is 1. The van der Waals surface area contributed by atoms with Gasteiger partial charge in [0.2, 0.25) is 5.91 Å². The van der Waals surface area contributed by atoms with Gasteiger partial charge in [0.25, 0.3) is 5.91 Å². The molecule has 16 heteroatoms. The first-order valence-corrected chi connectivity index (χ1v) is 11.9. The van der Waals surface area contributed by atoms with E-state index in [4.69, 9.17) is 21.0 Å². The minimum atomic E-state index is -1.17. The maximum Gasteiger partial charge on any atom is 0.352 e. The zero-order valence-electron chi connectivity index (χ0n) is 17.9. The van der Waals surface area contributed by atoms with Crippen molar-refractivity contribution in [3.8, 4) is 0 Å². The highest BCUT2D eigenvalue weighted by Crippen LogP contribution is 2.41. The van der Waals surface area contributed by atoms with Crippen LogP contribution in [-0.2, 0) is 41.9 Å². The summed E-state index contributed by atoms with van der Waals surface area (Å²) < 4.78 is 6.72. The van der Waals surface area contributed by atoms with Crippen LogP contribution in [0.5, 0.6) is 0 Å². The maximum absolute atomic E-state index is 12.3. The molecule has 0 bridgehead atoms. The number of aliphatic carboxylic acids is 1. The van der Waals surface area contributed by atoms with Crippen LogP contribution in [0, 0.1) is 5.92 Å². The summed E-state index contributed by atoms with van der Waals surface area (Å²) in [4.78, 5) is 61.9. The lowest BCUT2D eigenvalue weighted by atomic mass is 9.97. The topological polar surface area (TPSA) is 205 Å². The molecule has 0 radical (unpaired) electrons. The Morgan fingerprint density at radius 2 is 2.14 bits per heavy atom. The van der Waals surface area contributed by atoms with E-state index < -0.39 is 29.7 Å². The average molecular weight is 522 g/mol. The number of hydrogen-bond donors (Lipinski definition) is 3. The van der Waals surface area contributed by atoms with Crippen LogP contribution in [0.25, 0.3) is 0 Å². The van der Waals surface area contributed by atoms with Crippen LogP contribution in [0.4, 0.5) is 5.13 Å². The molecule has 1 saturated heterocycles. The molecule has 14 nitrogen and oxygen atoms in total. The summed E-state index contributed by atoms with van der Waals surface area (Å²) in [6.45, 7) is -0.512. The Morgan fingerprint density at radius 3 is 2.83 bits per heavy atom. The summed E-state index contributed by atoms with van der Waals surface area (Å²) >= 11 is 2.52. The molecule has 2 aromatic rings. The molecule has 184 valence electrons. The van der Waals surface area contributed by atoms with E-state index in [0.717, 1.165) is 11.3 Å². The summed E-state index contributed by atoms with van der Waals surface area (Å²) in [7, 11) is 0. The molecule has 0 aromatic carbocycles. The van der Waals surface area contributed by atoms with E-state index in [0.29, 0.717) is 11.4 Å². The number of carboxylic acid groups (broad SMARTS) is 1. The first kappa shape index (κ1) is 24.2. The van der Waals surface area contributed by atoms with E-state index in [1.165, 1.54) is 45.2 Å². The Kier molecular flexibility index (Phi) is 7.02. The monoisotopic (exact) mass is 521 g/mol. The lowest BCUT2D eigenvalue weighted by Gasteiger charge is -2.47. The van der Waals surface area contributed by atoms with E-state index in [1.54, 1.807) is 0 Å². The summed E-state index contributed by atoms with van der Waals surface area (Å²) in [6, 6.07) is 0. The van der Waals surface area contributed by atoms with Crippen LogP contribution >= 0.6 is 23.1 Å². The van der Waals surface area contributed by atoms with Gasteiger partial charge in [-0.1, -0.05) is 5.16 Å². The molecule has 2 atom stereocenters. The van der Waals surface area contributed by atoms with Crippen molar-refractivity contribution in [2.24, 2.45) is 16.8 Å². The number of anilines is 1. The van der Waals surface area contributed by atoms with E-state index >= 15 is 0 Å². The number of fused-ring (bicyclic) bond motifs is 1. The van der Waals surface area contributed by atoms with Crippen molar-refractivity contribution in [1.29, 1.82) is 0 Å². The van der Waals surface area contributed by atoms with Gasteiger partial charge in [-0.05, 0) is 6.08 Å². The van der Waals surface area contributed by atoms with Gasteiger partial charge in [-0.3, -0.25) is 19.3 Å². The van der Waals surface area contributed by atoms with Crippen LogP contribution in [0.15, 0.2) is 34.8 Å². The van der Waals surface area contributed by atoms with Crippen LogP contribution in [0.2, 0.25) is 0 Å². The number of nitrogen functional groups attached to an aromatic ring is 1. The molecule has 35 heavy (non-hydrogen) atoms. The normalized spacial score (nSPS) is 19.4. The largest absolute Gasteiger partial charge is 0.477 e. The van der Waals surface area contributed by atoms with Crippen LogP contribution in [-0.4, -0.2) is 71.7 Å². The van der Waals surface area contributed by atoms with E-state index in [2.05, 4.69) is 15.1 Å². The highest BCUT2D eigenvalue weighted by molar-refractivity contribution is 8.00. The van der Waals surface area contributed by atoms with Crippen LogP contribution < -0.4 is 11.5 Å². The Hall–Kier alpha value is -3.92. The standard InChI is InChI=1S/C19H19N7O7S2/c20-15(28)14(11-7-35-19(21)23-11)24-33-5-9-3-22-8-25(9)4-13(27)32-6-10-16(29)26-12(18(30)31)1-2-34-17(10)26/h1,3,7-8,10,17H,2,4-6H2,(H2,20,28)(H2,21,23)(H,30,31)/t10-,17+/m1/s1. The van der Waals surface area contributed by atoms with Crippen molar-refractivity contribution in [1.82, 2.24) is 19.4 Å². The first-order valence-electron chi connectivity index (χ1n) is 10.00. The number of rotatable bonds is 10. The second-order valence-corrected chi connectivity index (χ2v) is 9.32. The number of carbonyl (C=O) groups is 4. The van der Waals surface area contributed by atoms with Crippen molar-refractivity contribution in [3.63, 3.8) is 0 Å². The van der Waals surface area contributed by atoms with Gasteiger partial charge in [-0.15, -0.1) is 23.1 Å². The van der Waals surface area contributed by atoms with Crippen LogP contribution in [0.1, 0.15) is 11.4 Å². The van der Waals surface area contributed by atoms with Gasteiger partial charge in [0, 0.05) is 11.1 Å². The quantitative estimate of drug-likeness (QED) is 0.155. The average Bonchev–Trinajstić information content (AvgIpc) is 3.44. The van der Waals surface area contributed by atoms with Gasteiger partial charge < -0.3 is 30.7 Å². The number of carboxylic acids is 1. The number of ether oxygens (including phenoxy) is 1. The summed E-state index contributed by atoms with van der Waals surface area (Å²) in [5.41, 5.74) is 11.3. The van der Waals surface area contributed by atoms with Gasteiger partial charge in [0.05, 0.1) is 23.6 Å². The second-order valence-electron chi connectivity index (χ2n) is 7.28.